The average Bonchev–Trinajstić information content (AvgIpc) is 2.55. The summed E-state index contributed by atoms with van der Waals surface area (Å²) < 4.78 is 0. The van der Waals surface area contributed by atoms with Gasteiger partial charge in [-0.1, -0.05) is 36.4 Å². The Labute approximate surface area is 127 Å². The van der Waals surface area contributed by atoms with Crippen LogP contribution in [0.15, 0.2) is 60.7 Å². The molecular weight excluding hydrogens is 284 g/mol. The van der Waals surface area contributed by atoms with Gasteiger partial charge in [0, 0.05) is 11.4 Å². The summed E-state index contributed by atoms with van der Waals surface area (Å²) in [6.45, 7) is 0. The van der Waals surface area contributed by atoms with Crippen molar-refractivity contribution in [3.8, 4) is 0 Å². The molecule has 0 radical (unpaired) electrons. The Morgan fingerprint density at radius 1 is 0.682 bits per heavy atom. The van der Waals surface area contributed by atoms with Gasteiger partial charge < -0.3 is 20.8 Å². The molecule has 2 amide bonds. The number of para-hydroxylation sites is 2. The fraction of sp³-hybridized carbons (Fsp3) is 0.125. The first-order valence-electron chi connectivity index (χ1n) is 6.66. The lowest BCUT2D eigenvalue weighted by Crippen LogP contribution is -2.45. The van der Waals surface area contributed by atoms with Gasteiger partial charge >= 0.3 is 0 Å². The van der Waals surface area contributed by atoms with E-state index in [9.17, 15) is 19.8 Å². The van der Waals surface area contributed by atoms with Gasteiger partial charge in [0.2, 0.25) is 0 Å². The van der Waals surface area contributed by atoms with Gasteiger partial charge in [-0.15, -0.1) is 0 Å². The van der Waals surface area contributed by atoms with Crippen molar-refractivity contribution in [2.45, 2.75) is 12.2 Å². The lowest BCUT2D eigenvalue weighted by atomic mass is 10.1. The second-order valence-corrected chi connectivity index (χ2v) is 4.60. The van der Waals surface area contributed by atoms with Crippen molar-refractivity contribution >= 4 is 23.2 Å². The van der Waals surface area contributed by atoms with Gasteiger partial charge in [0.05, 0.1) is 0 Å². The third kappa shape index (κ3) is 4.15. The van der Waals surface area contributed by atoms with E-state index >= 15 is 0 Å². The molecule has 6 heteroatoms. The van der Waals surface area contributed by atoms with E-state index in [4.69, 9.17) is 0 Å². The van der Waals surface area contributed by atoms with E-state index in [2.05, 4.69) is 10.6 Å². The highest BCUT2D eigenvalue weighted by atomic mass is 16.3. The maximum absolute atomic E-state index is 11.8. The van der Waals surface area contributed by atoms with E-state index in [1.54, 1.807) is 60.7 Å². The highest BCUT2D eigenvalue weighted by molar-refractivity contribution is 6.02. The smallest absolute Gasteiger partial charge is 0.256 e. The van der Waals surface area contributed by atoms with E-state index in [1.807, 2.05) is 0 Å². The Hall–Kier alpha value is -2.70. The highest BCUT2D eigenvalue weighted by Gasteiger charge is 2.30. The van der Waals surface area contributed by atoms with Crippen LogP contribution in [0.4, 0.5) is 11.4 Å². The first kappa shape index (κ1) is 15.7. The first-order valence-corrected chi connectivity index (χ1v) is 6.66. The Kier molecular flexibility index (Phi) is 5.24. The van der Waals surface area contributed by atoms with Crippen molar-refractivity contribution in [3.63, 3.8) is 0 Å². The number of aliphatic hydroxyl groups is 2. The van der Waals surface area contributed by atoms with Crippen molar-refractivity contribution in [2.24, 2.45) is 0 Å². The second kappa shape index (κ2) is 7.35. The fourth-order valence-corrected chi connectivity index (χ4v) is 1.76. The van der Waals surface area contributed by atoms with Crippen molar-refractivity contribution in [1.82, 2.24) is 0 Å². The van der Waals surface area contributed by atoms with Crippen LogP contribution in [-0.2, 0) is 9.59 Å². The number of amides is 2. The summed E-state index contributed by atoms with van der Waals surface area (Å²) >= 11 is 0. The molecule has 0 spiro atoms. The molecule has 0 aliphatic rings. The summed E-state index contributed by atoms with van der Waals surface area (Å²) in [6, 6.07) is 16.9. The minimum atomic E-state index is -1.87. The number of nitrogens with one attached hydrogen (secondary N) is 2. The van der Waals surface area contributed by atoms with Crippen molar-refractivity contribution in [1.29, 1.82) is 0 Å². The van der Waals surface area contributed by atoms with Crippen LogP contribution in [0.3, 0.4) is 0 Å². The molecule has 0 saturated heterocycles. The van der Waals surface area contributed by atoms with Crippen LogP contribution in [0, 0.1) is 0 Å². The van der Waals surface area contributed by atoms with E-state index in [-0.39, 0.29) is 0 Å². The number of carbonyl (C=O) groups excluding carboxylic acids is 2. The monoisotopic (exact) mass is 300 g/mol. The molecular formula is C16H16N2O4. The molecule has 0 aliphatic carbocycles. The van der Waals surface area contributed by atoms with Gasteiger partial charge in [0.25, 0.3) is 11.8 Å². The summed E-state index contributed by atoms with van der Waals surface area (Å²) in [5.41, 5.74) is 0.921. The zero-order valence-corrected chi connectivity index (χ0v) is 11.6. The molecule has 2 aromatic carbocycles. The molecule has 6 nitrogen and oxygen atoms in total. The number of hydrogen-bond acceptors (Lipinski definition) is 4. The topological polar surface area (TPSA) is 98.7 Å². The van der Waals surface area contributed by atoms with Crippen molar-refractivity contribution in [2.75, 3.05) is 10.6 Å². The molecule has 0 fully saturated rings. The Bertz CT molecular complexity index is 574. The average molecular weight is 300 g/mol. The SMILES string of the molecule is O=C(Nc1ccccc1)[C@@H](O)[C@@H](O)C(=O)Nc1ccccc1. The lowest BCUT2D eigenvalue weighted by molar-refractivity contribution is -0.139. The van der Waals surface area contributed by atoms with Crippen molar-refractivity contribution in [3.05, 3.63) is 60.7 Å². The predicted octanol–water partition coefficient (Wildman–Crippen LogP) is 0.986. The Balaban J connectivity index is 1.94. The van der Waals surface area contributed by atoms with Crippen LogP contribution < -0.4 is 10.6 Å². The second-order valence-electron chi connectivity index (χ2n) is 4.60. The van der Waals surface area contributed by atoms with E-state index in [0.717, 1.165) is 0 Å². The van der Waals surface area contributed by atoms with Gasteiger partial charge in [-0.2, -0.15) is 0 Å². The molecule has 0 bridgehead atoms. The summed E-state index contributed by atoms with van der Waals surface area (Å²) in [4.78, 5) is 23.6. The Morgan fingerprint density at radius 2 is 1.00 bits per heavy atom. The third-order valence-corrected chi connectivity index (χ3v) is 2.92. The van der Waals surface area contributed by atoms with E-state index in [1.165, 1.54) is 0 Å². The summed E-state index contributed by atoms with van der Waals surface area (Å²) in [6.07, 6.45) is -3.74. The zero-order chi connectivity index (χ0) is 15.9. The fourth-order valence-electron chi connectivity index (χ4n) is 1.76. The summed E-state index contributed by atoms with van der Waals surface area (Å²) in [7, 11) is 0. The Morgan fingerprint density at radius 3 is 1.32 bits per heavy atom. The maximum Gasteiger partial charge on any atom is 0.256 e. The van der Waals surface area contributed by atoms with Crippen LogP contribution in [0.2, 0.25) is 0 Å². The van der Waals surface area contributed by atoms with Crippen LogP contribution in [-0.4, -0.2) is 34.2 Å². The molecule has 2 atom stereocenters. The minimum absolute atomic E-state index is 0.460. The lowest BCUT2D eigenvalue weighted by Gasteiger charge is -2.17. The molecule has 2 aromatic rings. The van der Waals surface area contributed by atoms with Crippen LogP contribution in [0.5, 0.6) is 0 Å². The van der Waals surface area contributed by atoms with Gasteiger partial charge in [-0.25, -0.2) is 0 Å². The predicted molar refractivity (Wildman–Crippen MR) is 82.2 cm³/mol. The largest absolute Gasteiger partial charge is 0.380 e. The number of benzene rings is 2. The molecule has 0 unspecified atom stereocenters. The number of aliphatic hydroxyl groups excluding tert-OH is 2. The van der Waals surface area contributed by atoms with Gasteiger partial charge in [-0.05, 0) is 24.3 Å². The molecule has 4 N–H and O–H groups in total. The van der Waals surface area contributed by atoms with Gasteiger partial charge in [-0.3, -0.25) is 9.59 Å². The summed E-state index contributed by atoms with van der Waals surface area (Å²) in [5, 5.41) is 24.4. The van der Waals surface area contributed by atoms with E-state index in [0.29, 0.717) is 11.4 Å². The number of rotatable bonds is 5. The molecule has 0 saturated carbocycles. The normalized spacial score (nSPS) is 13.0. The number of hydrogen-bond donors (Lipinski definition) is 4. The van der Waals surface area contributed by atoms with Gasteiger partial charge in [0.1, 0.15) is 0 Å². The number of carbonyl (C=O) groups is 2. The summed E-state index contributed by atoms with van der Waals surface area (Å²) in [5.74, 6) is -1.72. The molecule has 2 rings (SSSR count). The molecule has 0 heterocycles. The van der Waals surface area contributed by atoms with Gasteiger partial charge in [0.15, 0.2) is 12.2 Å². The molecule has 114 valence electrons. The van der Waals surface area contributed by atoms with Crippen LogP contribution in [0.25, 0.3) is 0 Å². The molecule has 0 aliphatic heterocycles. The highest BCUT2D eigenvalue weighted by Crippen LogP contribution is 2.09. The zero-order valence-electron chi connectivity index (χ0n) is 11.6. The molecule has 22 heavy (non-hydrogen) atoms. The quantitative estimate of drug-likeness (QED) is 0.661. The number of anilines is 2. The van der Waals surface area contributed by atoms with Crippen LogP contribution in [0.1, 0.15) is 0 Å². The standard InChI is InChI=1S/C16H16N2O4/c19-13(15(21)17-11-7-3-1-4-8-11)14(20)16(22)18-12-9-5-2-6-10-12/h1-10,13-14,19-20H,(H,17,21)(H,18,22)/t13-,14+. The van der Waals surface area contributed by atoms with Crippen molar-refractivity contribution < 1.29 is 19.8 Å². The minimum Gasteiger partial charge on any atom is -0.380 e. The van der Waals surface area contributed by atoms with Crippen LogP contribution >= 0.6 is 0 Å². The van der Waals surface area contributed by atoms with E-state index < -0.39 is 24.0 Å². The third-order valence-electron chi connectivity index (χ3n) is 2.92. The first-order chi connectivity index (χ1) is 10.6. The maximum atomic E-state index is 11.8. The molecule has 0 aromatic heterocycles.